The molecule has 0 bridgehead atoms. The van der Waals surface area contributed by atoms with Gasteiger partial charge in [0.05, 0.1) is 22.7 Å². The first-order valence-corrected chi connectivity index (χ1v) is 10.1. The van der Waals surface area contributed by atoms with Gasteiger partial charge >= 0.3 is 0 Å². The Labute approximate surface area is 172 Å². The number of halogens is 1. The molecule has 0 spiro atoms. The first-order valence-electron chi connectivity index (χ1n) is 8.90. The number of carbonyl (C=O) groups is 1. The van der Waals surface area contributed by atoms with Gasteiger partial charge in [-0.25, -0.2) is 4.98 Å². The van der Waals surface area contributed by atoms with E-state index in [2.05, 4.69) is 9.97 Å². The summed E-state index contributed by atoms with van der Waals surface area (Å²) in [5.41, 5.74) is 3.80. The van der Waals surface area contributed by atoms with Crippen molar-refractivity contribution >= 4 is 44.2 Å². The van der Waals surface area contributed by atoms with Crippen LogP contribution in [0.1, 0.15) is 16.7 Å². The second-order valence-corrected chi connectivity index (χ2v) is 8.01. The largest absolute Gasteiger partial charge is 0.283 e. The molecule has 4 nitrogen and oxygen atoms in total. The van der Waals surface area contributed by atoms with E-state index < -0.39 is 0 Å². The molecule has 2 aromatic carbocycles. The van der Waals surface area contributed by atoms with Crippen molar-refractivity contribution in [3.8, 4) is 0 Å². The molecule has 0 atom stereocenters. The van der Waals surface area contributed by atoms with Crippen LogP contribution in [-0.4, -0.2) is 15.9 Å². The highest BCUT2D eigenvalue weighted by atomic mass is 35.5. The number of pyridine rings is 1. The third kappa shape index (κ3) is 4.06. The summed E-state index contributed by atoms with van der Waals surface area (Å²) in [6.07, 6.45) is 3.80. The van der Waals surface area contributed by atoms with E-state index in [-0.39, 0.29) is 5.91 Å². The summed E-state index contributed by atoms with van der Waals surface area (Å²) in [5, 5.41) is 1.23. The van der Waals surface area contributed by atoms with E-state index in [9.17, 15) is 4.79 Å². The number of hydrogen-bond donors (Lipinski definition) is 0. The van der Waals surface area contributed by atoms with Crippen LogP contribution in [0.4, 0.5) is 5.13 Å². The number of aromatic nitrogens is 2. The zero-order chi connectivity index (χ0) is 19.5. The van der Waals surface area contributed by atoms with Gasteiger partial charge in [-0.3, -0.25) is 14.7 Å². The fraction of sp³-hybridized carbons (Fsp3) is 0.136. The maximum Gasteiger partial charge on any atom is 0.233 e. The van der Waals surface area contributed by atoms with Crippen LogP contribution in [-0.2, 0) is 17.8 Å². The number of aryl methyl sites for hydroxylation is 1. The van der Waals surface area contributed by atoms with Gasteiger partial charge in [0, 0.05) is 12.4 Å². The quantitative estimate of drug-likeness (QED) is 0.443. The molecule has 28 heavy (non-hydrogen) atoms. The lowest BCUT2D eigenvalue weighted by Gasteiger charge is -2.20. The maximum atomic E-state index is 13.2. The highest BCUT2D eigenvalue weighted by Crippen LogP contribution is 2.33. The number of carbonyl (C=O) groups excluding carboxylic acids is 1. The molecule has 2 heterocycles. The number of anilines is 1. The number of fused-ring (bicyclic) bond motifs is 1. The molecule has 6 heteroatoms. The Morgan fingerprint density at radius 1 is 1.11 bits per heavy atom. The molecule has 0 radical (unpaired) electrons. The third-order valence-corrected chi connectivity index (χ3v) is 5.74. The lowest BCUT2D eigenvalue weighted by atomic mass is 10.1. The summed E-state index contributed by atoms with van der Waals surface area (Å²) in [5.74, 6) is -0.00960. The van der Waals surface area contributed by atoms with Crippen LogP contribution in [0.5, 0.6) is 0 Å². The van der Waals surface area contributed by atoms with Gasteiger partial charge < -0.3 is 0 Å². The maximum absolute atomic E-state index is 13.2. The summed E-state index contributed by atoms with van der Waals surface area (Å²) in [7, 11) is 0. The predicted octanol–water partition coefficient (Wildman–Crippen LogP) is 5.43. The monoisotopic (exact) mass is 407 g/mol. The summed E-state index contributed by atoms with van der Waals surface area (Å²) < 4.78 is 0.960. The molecule has 0 saturated carbocycles. The predicted molar refractivity (Wildman–Crippen MR) is 115 cm³/mol. The van der Waals surface area contributed by atoms with Crippen LogP contribution < -0.4 is 4.90 Å². The van der Waals surface area contributed by atoms with Gasteiger partial charge in [-0.2, -0.15) is 0 Å². The van der Waals surface area contributed by atoms with E-state index in [0.717, 1.165) is 26.9 Å². The van der Waals surface area contributed by atoms with Crippen LogP contribution in [0.2, 0.25) is 5.02 Å². The zero-order valence-corrected chi connectivity index (χ0v) is 16.9. The Morgan fingerprint density at radius 2 is 1.93 bits per heavy atom. The number of nitrogens with zero attached hydrogens (tertiary/aromatic N) is 3. The fourth-order valence-electron chi connectivity index (χ4n) is 3.05. The van der Waals surface area contributed by atoms with Crippen LogP contribution in [0.3, 0.4) is 0 Å². The summed E-state index contributed by atoms with van der Waals surface area (Å²) in [4.78, 5) is 23.8. The van der Waals surface area contributed by atoms with Crippen molar-refractivity contribution < 1.29 is 4.79 Å². The van der Waals surface area contributed by atoms with E-state index in [1.54, 1.807) is 17.3 Å². The zero-order valence-electron chi connectivity index (χ0n) is 15.3. The standard InChI is InChI=1S/C22H18ClN3OS/c1-15-5-2-6-16(11-15)12-20(27)26(14-17-7-4-10-24-13-17)22-25-21-18(23)8-3-9-19(21)28-22/h2-11,13H,12,14H2,1H3. The molecule has 0 saturated heterocycles. The molecule has 0 aliphatic rings. The molecule has 2 aromatic heterocycles. The molecule has 4 aromatic rings. The SMILES string of the molecule is Cc1cccc(CC(=O)N(Cc2cccnc2)c2nc3c(Cl)cccc3s2)c1. The van der Waals surface area contributed by atoms with E-state index in [0.29, 0.717) is 23.1 Å². The highest BCUT2D eigenvalue weighted by Gasteiger charge is 2.21. The summed E-state index contributed by atoms with van der Waals surface area (Å²) >= 11 is 7.76. The van der Waals surface area contributed by atoms with Gasteiger partial charge in [0.15, 0.2) is 5.13 Å². The van der Waals surface area contributed by atoms with E-state index >= 15 is 0 Å². The molecule has 4 rings (SSSR count). The number of rotatable bonds is 5. The Morgan fingerprint density at radius 3 is 2.68 bits per heavy atom. The fourth-order valence-corrected chi connectivity index (χ4v) is 4.33. The first kappa shape index (κ1) is 18.6. The van der Waals surface area contributed by atoms with Crippen molar-refractivity contribution in [2.24, 2.45) is 0 Å². The smallest absolute Gasteiger partial charge is 0.233 e. The average Bonchev–Trinajstić information content (AvgIpc) is 3.12. The normalized spacial score (nSPS) is 10.9. The minimum Gasteiger partial charge on any atom is -0.283 e. The Hall–Kier alpha value is -2.76. The van der Waals surface area contributed by atoms with Gasteiger partial charge in [0.2, 0.25) is 5.91 Å². The van der Waals surface area contributed by atoms with Gasteiger partial charge in [-0.05, 0) is 36.2 Å². The number of para-hydroxylation sites is 1. The minimum atomic E-state index is -0.00960. The lowest BCUT2D eigenvalue weighted by Crippen LogP contribution is -2.31. The number of thiazole rings is 1. The molecular weight excluding hydrogens is 390 g/mol. The van der Waals surface area contributed by atoms with Crippen molar-refractivity contribution in [2.75, 3.05) is 4.90 Å². The van der Waals surface area contributed by atoms with Crippen LogP contribution in [0, 0.1) is 6.92 Å². The summed E-state index contributed by atoms with van der Waals surface area (Å²) in [6.45, 7) is 2.44. The van der Waals surface area contributed by atoms with Crippen LogP contribution >= 0.6 is 22.9 Å². The highest BCUT2D eigenvalue weighted by molar-refractivity contribution is 7.22. The third-order valence-electron chi connectivity index (χ3n) is 4.39. The molecule has 0 N–H and O–H groups in total. The molecule has 0 aliphatic heterocycles. The summed E-state index contributed by atoms with van der Waals surface area (Å²) in [6, 6.07) is 17.5. The van der Waals surface area contributed by atoms with Crippen molar-refractivity contribution in [1.82, 2.24) is 9.97 Å². The van der Waals surface area contributed by atoms with Crippen molar-refractivity contribution in [1.29, 1.82) is 0 Å². The number of hydrogen-bond acceptors (Lipinski definition) is 4. The van der Waals surface area contributed by atoms with Gasteiger partial charge in [0.25, 0.3) is 0 Å². The second kappa shape index (κ2) is 8.09. The Kier molecular flexibility index (Phi) is 5.37. The van der Waals surface area contributed by atoms with Crippen molar-refractivity contribution in [3.05, 3.63) is 88.7 Å². The molecule has 0 fully saturated rings. The Bertz CT molecular complexity index is 1130. The van der Waals surface area contributed by atoms with Gasteiger partial charge in [0.1, 0.15) is 5.52 Å². The van der Waals surface area contributed by atoms with Gasteiger partial charge in [-0.15, -0.1) is 0 Å². The molecule has 0 unspecified atom stereocenters. The molecule has 140 valence electrons. The van der Waals surface area contributed by atoms with E-state index in [4.69, 9.17) is 11.6 Å². The number of amides is 1. The minimum absolute atomic E-state index is 0.00960. The second-order valence-electron chi connectivity index (χ2n) is 6.59. The van der Waals surface area contributed by atoms with Crippen molar-refractivity contribution in [3.63, 3.8) is 0 Å². The number of benzene rings is 2. The first-order chi connectivity index (χ1) is 13.6. The van der Waals surface area contributed by atoms with Crippen LogP contribution in [0.25, 0.3) is 10.2 Å². The van der Waals surface area contributed by atoms with E-state index in [1.807, 2.05) is 61.5 Å². The molecular formula is C22H18ClN3OS. The van der Waals surface area contributed by atoms with Crippen LogP contribution in [0.15, 0.2) is 67.0 Å². The molecule has 0 aliphatic carbocycles. The average molecular weight is 408 g/mol. The Balaban J connectivity index is 1.70. The van der Waals surface area contributed by atoms with E-state index in [1.165, 1.54) is 11.3 Å². The van der Waals surface area contributed by atoms with Gasteiger partial charge in [-0.1, -0.05) is 64.9 Å². The molecule has 1 amide bonds. The van der Waals surface area contributed by atoms with Crippen molar-refractivity contribution in [2.45, 2.75) is 19.9 Å². The lowest BCUT2D eigenvalue weighted by molar-refractivity contribution is -0.118. The topological polar surface area (TPSA) is 46.1 Å².